The molecule has 6 atom stereocenters. The van der Waals surface area contributed by atoms with Gasteiger partial charge >= 0.3 is 11.9 Å². The van der Waals surface area contributed by atoms with Crippen LogP contribution in [0.25, 0.3) is 0 Å². The summed E-state index contributed by atoms with van der Waals surface area (Å²) < 4.78 is 11.1. The minimum absolute atomic E-state index is 0.0116. The maximum Gasteiger partial charge on any atom is 0.342 e. The Morgan fingerprint density at radius 2 is 1.29 bits per heavy atom. The number of carbonyl (C=O) groups excluding carboxylic acids is 2. The lowest BCUT2D eigenvalue weighted by Gasteiger charge is -2.36. The van der Waals surface area contributed by atoms with Crippen molar-refractivity contribution >= 4 is 11.9 Å². The average Bonchev–Trinajstić information content (AvgIpc) is 2.73. The molecule has 2 aliphatic rings. The van der Waals surface area contributed by atoms with Crippen LogP contribution in [-0.4, -0.2) is 29.3 Å². The fourth-order valence-corrected chi connectivity index (χ4v) is 5.56. The predicted molar refractivity (Wildman–Crippen MR) is 136 cm³/mol. The van der Waals surface area contributed by atoms with Crippen LogP contribution in [0.1, 0.15) is 97.3 Å². The molecule has 1 aromatic carbocycles. The van der Waals surface area contributed by atoms with Crippen molar-refractivity contribution in [3.8, 4) is 5.75 Å². The number of aromatic hydroxyl groups is 1. The average molecular weight is 475 g/mol. The van der Waals surface area contributed by atoms with Gasteiger partial charge in [0, 0.05) is 6.92 Å². The molecule has 0 aromatic heterocycles. The van der Waals surface area contributed by atoms with E-state index in [2.05, 4.69) is 41.5 Å². The summed E-state index contributed by atoms with van der Waals surface area (Å²) in [5, 5.41) is 9.74. The number of benzene rings is 1. The van der Waals surface area contributed by atoms with Gasteiger partial charge in [0.15, 0.2) is 0 Å². The van der Waals surface area contributed by atoms with Gasteiger partial charge in [-0.1, -0.05) is 66.5 Å². The molecule has 2 aliphatic carbocycles. The van der Waals surface area contributed by atoms with Gasteiger partial charge in [0.1, 0.15) is 23.5 Å². The first kappa shape index (κ1) is 28.2. The van der Waals surface area contributed by atoms with Gasteiger partial charge in [-0.2, -0.15) is 0 Å². The van der Waals surface area contributed by atoms with Crippen LogP contribution in [-0.2, 0) is 14.3 Å². The van der Waals surface area contributed by atoms with Crippen molar-refractivity contribution in [2.75, 3.05) is 0 Å². The van der Waals surface area contributed by atoms with Crippen molar-refractivity contribution in [1.29, 1.82) is 0 Å². The number of phenolic OH excluding ortho intramolecular Hbond substituents is 1. The molecule has 1 N–H and O–H groups in total. The fourth-order valence-electron chi connectivity index (χ4n) is 5.56. The SMILES string of the molecule is CC(=O)OC1CC(C)CCC1C(C)C.CC1CCC(C(C)C)C(OC(=O)c2ccccc2O)C1. The number of phenols is 1. The molecule has 0 heterocycles. The molecule has 2 saturated carbocycles. The van der Waals surface area contributed by atoms with Gasteiger partial charge in [-0.05, 0) is 73.3 Å². The Morgan fingerprint density at radius 1 is 0.824 bits per heavy atom. The summed E-state index contributed by atoms with van der Waals surface area (Å²) in [6, 6.07) is 6.56. The van der Waals surface area contributed by atoms with Gasteiger partial charge in [-0.3, -0.25) is 4.79 Å². The lowest BCUT2D eigenvalue weighted by Crippen LogP contribution is -2.35. The quantitative estimate of drug-likeness (QED) is 0.464. The topological polar surface area (TPSA) is 72.8 Å². The van der Waals surface area contributed by atoms with Crippen LogP contribution in [0.3, 0.4) is 0 Å². The van der Waals surface area contributed by atoms with E-state index in [1.165, 1.54) is 32.3 Å². The minimum Gasteiger partial charge on any atom is -0.507 e. The Kier molecular flexibility index (Phi) is 10.9. The van der Waals surface area contributed by atoms with Crippen molar-refractivity contribution in [2.24, 2.45) is 35.5 Å². The molecular weight excluding hydrogens is 428 g/mol. The molecule has 192 valence electrons. The predicted octanol–water partition coefficient (Wildman–Crippen LogP) is 7.02. The molecule has 5 nitrogen and oxygen atoms in total. The third kappa shape index (κ3) is 8.32. The molecule has 34 heavy (non-hydrogen) atoms. The third-order valence-electron chi connectivity index (χ3n) is 7.62. The van der Waals surface area contributed by atoms with Crippen LogP contribution in [0, 0.1) is 35.5 Å². The van der Waals surface area contributed by atoms with E-state index < -0.39 is 5.97 Å². The summed E-state index contributed by atoms with van der Waals surface area (Å²) >= 11 is 0. The van der Waals surface area contributed by atoms with E-state index in [1.54, 1.807) is 18.2 Å². The normalized spacial score (nSPS) is 29.2. The summed E-state index contributed by atoms with van der Waals surface area (Å²) in [7, 11) is 0. The van der Waals surface area contributed by atoms with E-state index in [4.69, 9.17) is 9.47 Å². The molecule has 0 aliphatic heterocycles. The Morgan fingerprint density at radius 3 is 1.74 bits per heavy atom. The van der Waals surface area contributed by atoms with Gasteiger partial charge < -0.3 is 14.6 Å². The Bertz CT molecular complexity index is 786. The van der Waals surface area contributed by atoms with Crippen molar-refractivity contribution in [2.45, 2.75) is 99.2 Å². The Balaban J connectivity index is 0.000000257. The van der Waals surface area contributed by atoms with Gasteiger partial charge in [-0.15, -0.1) is 0 Å². The highest BCUT2D eigenvalue weighted by Crippen LogP contribution is 2.36. The van der Waals surface area contributed by atoms with Crippen molar-refractivity contribution in [3.63, 3.8) is 0 Å². The van der Waals surface area contributed by atoms with Crippen molar-refractivity contribution in [1.82, 2.24) is 0 Å². The number of carbonyl (C=O) groups is 2. The summed E-state index contributed by atoms with van der Waals surface area (Å²) in [4.78, 5) is 23.2. The second kappa shape index (κ2) is 13.2. The Labute approximate surface area is 206 Å². The van der Waals surface area contributed by atoms with Gasteiger partial charge in [-0.25, -0.2) is 4.79 Å². The third-order valence-corrected chi connectivity index (χ3v) is 7.62. The van der Waals surface area contributed by atoms with Crippen LogP contribution in [0.4, 0.5) is 0 Å². The molecule has 0 radical (unpaired) electrons. The fraction of sp³-hybridized carbons (Fsp3) is 0.724. The maximum absolute atomic E-state index is 12.2. The summed E-state index contributed by atoms with van der Waals surface area (Å²) in [6.45, 7) is 14.8. The smallest absolute Gasteiger partial charge is 0.342 e. The van der Waals surface area contributed by atoms with E-state index in [9.17, 15) is 14.7 Å². The zero-order chi connectivity index (χ0) is 25.4. The van der Waals surface area contributed by atoms with E-state index in [-0.39, 0.29) is 29.5 Å². The first-order valence-corrected chi connectivity index (χ1v) is 13.2. The second-order valence-corrected chi connectivity index (χ2v) is 11.3. The highest BCUT2D eigenvalue weighted by molar-refractivity contribution is 5.92. The van der Waals surface area contributed by atoms with E-state index in [1.807, 2.05) is 0 Å². The zero-order valence-electron chi connectivity index (χ0n) is 22.3. The molecule has 6 unspecified atom stereocenters. The number of rotatable bonds is 5. The number of esters is 2. The Hall–Kier alpha value is -2.04. The molecule has 0 saturated heterocycles. The first-order valence-electron chi connectivity index (χ1n) is 13.2. The second-order valence-electron chi connectivity index (χ2n) is 11.3. The molecule has 5 heteroatoms. The van der Waals surface area contributed by atoms with E-state index >= 15 is 0 Å². The first-order chi connectivity index (χ1) is 16.0. The highest BCUT2D eigenvalue weighted by Gasteiger charge is 2.34. The summed E-state index contributed by atoms with van der Waals surface area (Å²) in [5.41, 5.74) is 0.258. The summed E-state index contributed by atoms with van der Waals surface area (Å²) in [6.07, 6.45) is 6.88. The molecule has 0 spiro atoms. The molecule has 3 rings (SSSR count). The van der Waals surface area contributed by atoms with Crippen LogP contribution in [0.5, 0.6) is 5.75 Å². The van der Waals surface area contributed by atoms with Crippen molar-refractivity contribution in [3.05, 3.63) is 29.8 Å². The monoisotopic (exact) mass is 474 g/mol. The number of para-hydroxylation sites is 1. The van der Waals surface area contributed by atoms with Crippen LogP contribution in [0.15, 0.2) is 24.3 Å². The van der Waals surface area contributed by atoms with Gasteiger partial charge in [0.2, 0.25) is 0 Å². The highest BCUT2D eigenvalue weighted by atomic mass is 16.5. The molecule has 0 bridgehead atoms. The van der Waals surface area contributed by atoms with E-state index in [0.29, 0.717) is 35.5 Å². The van der Waals surface area contributed by atoms with Crippen LogP contribution in [0.2, 0.25) is 0 Å². The minimum atomic E-state index is -0.409. The standard InChI is InChI=1S/C17H24O3.C12H22O2/c1-11(2)13-9-8-12(3)10-16(13)20-17(19)14-6-4-5-7-15(14)18;1-8(2)11-6-5-9(3)7-12(11)14-10(4)13/h4-7,11-13,16,18H,8-10H2,1-3H3;8-9,11-12H,5-7H2,1-4H3. The lowest BCUT2D eigenvalue weighted by molar-refractivity contribution is -0.153. The molecule has 1 aromatic rings. The maximum atomic E-state index is 12.2. The summed E-state index contributed by atoms with van der Waals surface area (Å²) in [5.74, 6) is 2.85. The molecule has 0 amide bonds. The largest absolute Gasteiger partial charge is 0.507 e. The molecular formula is C29H46O5. The zero-order valence-corrected chi connectivity index (χ0v) is 22.3. The van der Waals surface area contributed by atoms with Gasteiger partial charge in [0.25, 0.3) is 0 Å². The number of hydrogen-bond acceptors (Lipinski definition) is 5. The number of hydrogen-bond donors (Lipinski definition) is 1. The van der Waals surface area contributed by atoms with E-state index in [0.717, 1.165) is 19.3 Å². The lowest BCUT2D eigenvalue weighted by atomic mass is 9.75. The van der Waals surface area contributed by atoms with Gasteiger partial charge in [0.05, 0.1) is 0 Å². The van der Waals surface area contributed by atoms with Crippen LogP contribution >= 0.6 is 0 Å². The molecule has 2 fully saturated rings. The van der Waals surface area contributed by atoms with Crippen molar-refractivity contribution < 1.29 is 24.2 Å². The number of ether oxygens (including phenoxy) is 2. The van der Waals surface area contributed by atoms with Crippen LogP contribution < -0.4 is 0 Å².